The van der Waals surface area contributed by atoms with Crippen LogP contribution in [-0.2, 0) is 41.6 Å². The van der Waals surface area contributed by atoms with Crippen molar-refractivity contribution in [1.29, 1.82) is 0 Å². The minimum absolute atomic E-state index is 0.0315. The zero-order valence-electron chi connectivity index (χ0n) is 32.6. The van der Waals surface area contributed by atoms with Crippen molar-refractivity contribution in [3.63, 3.8) is 0 Å². The van der Waals surface area contributed by atoms with Gasteiger partial charge in [0.25, 0.3) is 0 Å². The molecule has 0 saturated carbocycles. The lowest BCUT2D eigenvalue weighted by atomic mass is 9.93. The topological polar surface area (TPSA) is 249 Å². The van der Waals surface area contributed by atoms with Crippen molar-refractivity contribution in [2.45, 2.75) is 99.4 Å². The Kier molecular flexibility index (Phi) is 15.0. The molecule has 11 unspecified atom stereocenters. The van der Waals surface area contributed by atoms with Gasteiger partial charge in [0.15, 0.2) is 6.29 Å². The molecule has 2 saturated heterocycles. The Hall–Kier alpha value is -4.56. The molecule has 0 spiro atoms. The van der Waals surface area contributed by atoms with E-state index in [1.165, 1.54) is 0 Å². The number of amides is 1. The van der Waals surface area contributed by atoms with E-state index in [1.54, 1.807) is 31.4 Å². The summed E-state index contributed by atoms with van der Waals surface area (Å²) in [6.07, 6.45) is -14.2. The highest BCUT2D eigenvalue weighted by molar-refractivity contribution is 5.85. The van der Waals surface area contributed by atoms with Gasteiger partial charge in [-0.1, -0.05) is 67.6 Å². The molecule has 2 fully saturated rings. The summed E-state index contributed by atoms with van der Waals surface area (Å²) in [7, 11) is 1.58. The summed E-state index contributed by atoms with van der Waals surface area (Å²) >= 11 is 0. The Morgan fingerprint density at radius 1 is 0.780 bits per heavy atom. The molecule has 0 aromatic heterocycles. The zero-order chi connectivity index (χ0) is 42.2. The van der Waals surface area contributed by atoms with Gasteiger partial charge in [-0.05, 0) is 64.2 Å². The Bertz CT molecular complexity index is 1970. The van der Waals surface area contributed by atoms with Crippen molar-refractivity contribution >= 4 is 23.0 Å². The smallest absolute Gasteiger partial charge is 0.238 e. The highest BCUT2D eigenvalue weighted by Gasteiger charge is 2.51. The fraction of sp³-hybridized carbons (Fsp3) is 0.442. The van der Waals surface area contributed by atoms with Crippen LogP contribution >= 0.6 is 0 Å². The second-order valence-electron chi connectivity index (χ2n) is 14.8. The van der Waals surface area contributed by atoms with Gasteiger partial charge in [-0.25, -0.2) is 0 Å². The number of hydrogen-bond acceptors (Lipinski definition) is 15. The van der Waals surface area contributed by atoms with Crippen LogP contribution in [0.2, 0.25) is 0 Å². The van der Waals surface area contributed by atoms with Crippen molar-refractivity contribution < 1.29 is 68.6 Å². The first-order valence-corrected chi connectivity index (χ1v) is 19.3. The molecular weight excluding hydrogens is 768 g/mol. The lowest BCUT2D eigenvalue weighted by Gasteiger charge is -2.46. The van der Waals surface area contributed by atoms with E-state index in [4.69, 9.17) is 34.2 Å². The van der Waals surface area contributed by atoms with Gasteiger partial charge < -0.3 is 74.9 Å². The number of rotatable bonds is 17. The van der Waals surface area contributed by atoms with Crippen LogP contribution in [-0.4, -0.2) is 137 Å². The van der Waals surface area contributed by atoms with Gasteiger partial charge in [-0.3, -0.25) is 4.79 Å². The van der Waals surface area contributed by atoms with Gasteiger partial charge in [0.1, 0.15) is 66.6 Å². The molecule has 0 aliphatic carbocycles. The summed E-state index contributed by atoms with van der Waals surface area (Å²) in [6, 6.07) is 25.2. The van der Waals surface area contributed by atoms with E-state index >= 15 is 0 Å². The molecular formula is C43H52N2O14. The fourth-order valence-corrected chi connectivity index (χ4v) is 7.21. The van der Waals surface area contributed by atoms with E-state index in [1.807, 2.05) is 73.7 Å². The summed E-state index contributed by atoms with van der Waals surface area (Å²) in [4.78, 5) is 24.8. The summed E-state index contributed by atoms with van der Waals surface area (Å²) in [6.45, 7) is 0.435. The fourth-order valence-electron chi connectivity index (χ4n) is 7.21. The number of ether oxygens (including phenoxy) is 6. The molecule has 6 rings (SSSR count). The Morgan fingerprint density at radius 2 is 1.42 bits per heavy atom. The monoisotopic (exact) mass is 820 g/mol. The Labute approximate surface area is 341 Å². The Morgan fingerprint density at radius 3 is 2.10 bits per heavy atom. The number of carbonyl (C=O) groups excluding carboxylic acids is 2. The standard InChI is InChI=1S/C43H52N2O14/c1-23(26-6-4-3-5-7-26)34(44)41(53)45-29(19-46)17-24-9-13-30(14-10-24)56-42-37(51)36(50)39(33(21-48)58-42)59-43-38(52)40(35(49)32(20-47)57-43)55-22-25-8-11-28-18-31(54-2)15-12-27(28)16-25/h3-16,18-19,23,29,32-40,42-43,47-52H,17,20-22,44H2,1-2H3,(H,45,53)/t23?,29-,32?,33?,34-,35?,36?,37?,38?,39?,40?,42?,43?/m0/s1. The molecule has 16 nitrogen and oxygen atoms in total. The summed E-state index contributed by atoms with van der Waals surface area (Å²) in [5.41, 5.74) is 8.51. The van der Waals surface area contributed by atoms with Crippen LogP contribution in [0.4, 0.5) is 0 Å². The molecule has 1 amide bonds. The van der Waals surface area contributed by atoms with Gasteiger partial charge in [0.2, 0.25) is 12.2 Å². The highest BCUT2D eigenvalue weighted by Crippen LogP contribution is 2.32. The molecule has 318 valence electrons. The molecule has 4 aromatic rings. The number of fused-ring (bicyclic) bond motifs is 1. The molecule has 2 heterocycles. The van der Waals surface area contributed by atoms with Crippen molar-refractivity contribution in [3.05, 3.63) is 108 Å². The maximum atomic E-state index is 12.9. The van der Waals surface area contributed by atoms with Crippen molar-refractivity contribution in [2.24, 2.45) is 5.73 Å². The lowest BCUT2D eigenvalue weighted by molar-refractivity contribution is -0.355. The second kappa shape index (κ2) is 20.1. The normalized spacial score (nSPS) is 28.6. The third-order valence-electron chi connectivity index (χ3n) is 10.8. The number of nitrogens with one attached hydrogen (secondary N) is 1. The number of nitrogens with two attached hydrogens (primary N) is 1. The molecule has 0 radical (unpaired) electrons. The molecule has 0 bridgehead atoms. The molecule has 4 aromatic carbocycles. The predicted molar refractivity (Wildman–Crippen MR) is 211 cm³/mol. The zero-order valence-corrected chi connectivity index (χ0v) is 32.6. The average Bonchev–Trinajstić information content (AvgIpc) is 3.26. The van der Waals surface area contributed by atoms with Gasteiger partial charge in [0.05, 0.1) is 39.0 Å². The minimum atomic E-state index is -1.73. The second-order valence-corrected chi connectivity index (χ2v) is 14.8. The van der Waals surface area contributed by atoms with Crippen molar-refractivity contribution in [1.82, 2.24) is 5.32 Å². The molecule has 13 atom stereocenters. The Balaban J connectivity index is 1.04. The minimum Gasteiger partial charge on any atom is -0.497 e. The first-order chi connectivity index (χ1) is 28.4. The predicted octanol–water partition coefficient (Wildman–Crippen LogP) is 0.433. The summed E-state index contributed by atoms with van der Waals surface area (Å²) < 4.78 is 34.4. The number of carbonyl (C=O) groups is 2. The highest BCUT2D eigenvalue weighted by atomic mass is 16.7. The molecule has 9 N–H and O–H groups in total. The van der Waals surface area contributed by atoms with Gasteiger partial charge in [-0.15, -0.1) is 0 Å². The van der Waals surface area contributed by atoms with Gasteiger partial charge in [-0.2, -0.15) is 0 Å². The van der Waals surface area contributed by atoms with Crippen LogP contribution in [0.1, 0.15) is 29.5 Å². The lowest BCUT2D eigenvalue weighted by Crippen LogP contribution is -2.65. The SMILES string of the molecule is COc1ccc2cc(COC3C(O)C(CO)OC(OC4C(CO)OC(Oc5ccc(C[C@@H](C=O)NC(=O)[C@@H](N)C(C)c6ccccc6)cc5)C(O)C4O)C3O)ccc2c1. The maximum absolute atomic E-state index is 12.9. The van der Waals surface area contributed by atoms with E-state index in [-0.39, 0.29) is 24.7 Å². The van der Waals surface area contributed by atoms with Crippen LogP contribution in [0, 0.1) is 0 Å². The van der Waals surface area contributed by atoms with E-state index in [0.29, 0.717) is 17.6 Å². The molecule has 59 heavy (non-hydrogen) atoms. The summed E-state index contributed by atoms with van der Waals surface area (Å²) in [5.74, 6) is 0.164. The van der Waals surface area contributed by atoms with E-state index in [2.05, 4.69) is 5.32 Å². The number of aldehydes is 1. The molecule has 16 heteroatoms. The number of aliphatic hydroxyl groups excluding tert-OH is 6. The largest absolute Gasteiger partial charge is 0.497 e. The third kappa shape index (κ3) is 10.4. The number of aliphatic hydroxyl groups is 6. The van der Waals surface area contributed by atoms with E-state index in [9.17, 15) is 40.2 Å². The van der Waals surface area contributed by atoms with Crippen LogP contribution in [0.15, 0.2) is 91.0 Å². The quantitative estimate of drug-likeness (QED) is 0.0674. The van der Waals surface area contributed by atoms with Crippen molar-refractivity contribution in [2.75, 3.05) is 20.3 Å². The number of methoxy groups -OCH3 is 1. The molecule has 2 aliphatic rings. The van der Waals surface area contributed by atoms with Crippen LogP contribution in [0.5, 0.6) is 11.5 Å². The third-order valence-corrected chi connectivity index (χ3v) is 10.8. The van der Waals surface area contributed by atoms with E-state index < -0.39 is 92.6 Å². The number of hydrogen-bond donors (Lipinski definition) is 8. The first-order valence-electron chi connectivity index (χ1n) is 19.3. The van der Waals surface area contributed by atoms with Crippen LogP contribution < -0.4 is 20.5 Å². The first kappa shape index (κ1) is 44.0. The van der Waals surface area contributed by atoms with Crippen LogP contribution in [0.25, 0.3) is 10.8 Å². The van der Waals surface area contributed by atoms with Gasteiger partial charge >= 0.3 is 0 Å². The van der Waals surface area contributed by atoms with E-state index in [0.717, 1.165) is 21.9 Å². The van der Waals surface area contributed by atoms with Gasteiger partial charge in [0, 0.05) is 5.92 Å². The molecule has 2 aliphatic heterocycles. The van der Waals surface area contributed by atoms with Crippen molar-refractivity contribution in [3.8, 4) is 11.5 Å². The van der Waals surface area contributed by atoms with Crippen LogP contribution in [0.3, 0.4) is 0 Å². The summed E-state index contributed by atoms with van der Waals surface area (Å²) in [5, 5.41) is 69.3. The number of benzene rings is 4. The average molecular weight is 821 g/mol. The maximum Gasteiger partial charge on any atom is 0.238 e.